The average Bonchev–Trinajstić information content (AvgIpc) is 3.13. The molecule has 2 aromatic heterocycles. The molecule has 0 radical (unpaired) electrons. The standard InChI is InChI=1S/C15H14ClN3O2S2/c1-10-17-12(9-23-10)8-14-18-19-15(21-14)22-6-5-20-13-4-2-3-11(16)7-13/h2-4,7,9H,5-6,8H2,1H3. The highest BCUT2D eigenvalue weighted by Crippen LogP contribution is 2.20. The first-order chi connectivity index (χ1) is 11.2. The van der Waals surface area contributed by atoms with Crippen molar-refractivity contribution in [2.24, 2.45) is 0 Å². The highest BCUT2D eigenvalue weighted by atomic mass is 35.5. The molecule has 5 nitrogen and oxygen atoms in total. The fourth-order valence-electron chi connectivity index (χ4n) is 1.86. The summed E-state index contributed by atoms with van der Waals surface area (Å²) in [5, 5.41) is 12.3. The summed E-state index contributed by atoms with van der Waals surface area (Å²) in [6, 6.07) is 7.33. The number of hydrogen-bond acceptors (Lipinski definition) is 7. The zero-order valence-electron chi connectivity index (χ0n) is 12.4. The SMILES string of the molecule is Cc1nc(Cc2nnc(SCCOc3cccc(Cl)c3)o2)cs1. The van der Waals surface area contributed by atoms with Gasteiger partial charge in [0.1, 0.15) is 5.75 Å². The predicted octanol–water partition coefficient (Wildman–Crippen LogP) is 4.25. The van der Waals surface area contributed by atoms with Crippen LogP contribution in [0.15, 0.2) is 39.3 Å². The number of thioether (sulfide) groups is 1. The number of halogens is 1. The van der Waals surface area contributed by atoms with E-state index < -0.39 is 0 Å². The number of rotatable bonds is 7. The minimum Gasteiger partial charge on any atom is -0.493 e. The van der Waals surface area contributed by atoms with Gasteiger partial charge in [-0.1, -0.05) is 29.4 Å². The van der Waals surface area contributed by atoms with E-state index in [2.05, 4.69) is 15.2 Å². The van der Waals surface area contributed by atoms with Crippen molar-refractivity contribution in [3.63, 3.8) is 0 Å². The first kappa shape index (κ1) is 16.3. The van der Waals surface area contributed by atoms with Gasteiger partial charge in [0.2, 0.25) is 5.89 Å². The maximum atomic E-state index is 5.90. The van der Waals surface area contributed by atoms with Crippen LogP contribution < -0.4 is 4.74 Å². The van der Waals surface area contributed by atoms with Gasteiger partial charge in [0.05, 0.1) is 23.7 Å². The molecule has 3 aromatic rings. The lowest BCUT2D eigenvalue weighted by molar-refractivity contribution is 0.343. The molecule has 0 atom stereocenters. The number of ether oxygens (including phenoxy) is 1. The lowest BCUT2D eigenvalue weighted by atomic mass is 10.3. The molecule has 120 valence electrons. The molecular weight excluding hydrogens is 354 g/mol. The van der Waals surface area contributed by atoms with Crippen LogP contribution in [0.4, 0.5) is 0 Å². The van der Waals surface area contributed by atoms with E-state index in [4.69, 9.17) is 20.8 Å². The van der Waals surface area contributed by atoms with Crippen molar-refractivity contribution in [3.8, 4) is 5.75 Å². The van der Waals surface area contributed by atoms with Crippen molar-refractivity contribution in [2.45, 2.75) is 18.6 Å². The normalized spacial score (nSPS) is 10.9. The lowest BCUT2D eigenvalue weighted by Gasteiger charge is -2.04. The fourth-order valence-corrected chi connectivity index (χ4v) is 3.25. The molecule has 0 aliphatic heterocycles. The quantitative estimate of drug-likeness (QED) is 0.459. The topological polar surface area (TPSA) is 61.0 Å². The van der Waals surface area contributed by atoms with Gasteiger partial charge in [-0.25, -0.2) is 4.98 Å². The van der Waals surface area contributed by atoms with Crippen molar-refractivity contribution in [1.29, 1.82) is 0 Å². The number of thiazole rings is 1. The molecule has 0 unspecified atom stereocenters. The highest BCUT2D eigenvalue weighted by Gasteiger charge is 2.09. The van der Waals surface area contributed by atoms with Gasteiger partial charge in [0.15, 0.2) is 0 Å². The van der Waals surface area contributed by atoms with Crippen LogP contribution in [0.1, 0.15) is 16.6 Å². The molecule has 0 aliphatic rings. The summed E-state index contributed by atoms with van der Waals surface area (Å²) >= 11 is 8.98. The largest absolute Gasteiger partial charge is 0.493 e. The zero-order chi connectivity index (χ0) is 16.1. The number of nitrogens with zero attached hydrogens (tertiary/aromatic N) is 3. The van der Waals surface area contributed by atoms with Crippen molar-refractivity contribution in [1.82, 2.24) is 15.2 Å². The van der Waals surface area contributed by atoms with Crippen LogP contribution >= 0.6 is 34.7 Å². The molecule has 8 heteroatoms. The van der Waals surface area contributed by atoms with E-state index in [1.54, 1.807) is 17.4 Å². The Balaban J connectivity index is 1.44. The van der Waals surface area contributed by atoms with Crippen molar-refractivity contribution in [2.75, 3.05) is 12.4 Å². The van der Waals surface area contributed by atoms with E-state index >= 15 is 0 Å². The number of hydrogen-bond donors (Lipinski definition) is 0. The summed E-state index contributed by atoms with van der Waals surface area (Å²) in [5.74, 6) is 2.04. The number of benzene rings is 1. The minimum absolute atomic E-state index is 0.536. The van der Waals surface area contributed by atoms with Crippen LogP contribution in [0.5, 0.6) is 5.75 Å². The van der Waals surface area contributed by atoms with Crippen molar-refractivity contribution in [3.05, 3.63) is 51.3 Å². The molecular formula is C15H14ClN3O2S2. The molecule has 0 spiro atoms. The van der Waals surface area contributed by atoms with E-state index in [1.807, 2.05) is 30.5 Å². The van der Waals surface area contributed by atoms with Crippen molar-refractivity contribution >= 4 is 34.7 Å². The second kappa shape index (κ2) is 7.81. The first-order valence-electron chi connectivity index (χ1n) is 6.93. The Hall–Kier alpha value is -1.57. The van der Waals surface area contributed by atoms with Gasteiger partial charge in [0, 0.05) is 16.2 Å². The van der Waals surface area contributed by atoms with Crippen LogP contribution in [0.25, 0.3) is 0 Å². The van der Waals surface area contributed by atoms with Gasteiger partial charge in [-0.15, -0.1) is 21.5 Å². The fraction of sp³-hybridized carbons (Fsp3) is 0.267. The molecule has 0 amide bonds. The Morgan fingerprint density at radius 1 is 1.35 bits per heavy atom. The van der Waals surface area contributed by atoms with E-state index in [1.165, 1.54) is 11.8 Å². The van der Waals surface area contributed by atoms with Crippen LogP contribution in [0.3, 0.4) is 0 Å². The van der Waals surface area contributed by atoms with E-state index in [0.29, 0.717) is 34.9 Å². The third-order valence-corrected chi connectivity index (χ3v) is 4.66. The van der Waals surface area contributed by atoms with Gasteiger partial charge < -0.3 is 9.15 Å². The summed E-state index contributed by atoms with van der Waals surface area (Å²) in [5.41, 5.74) is 0.956. The lowest BCUT2D eigenvalue weighted by Crippen LogP contribution is -1.99. The maximum Gasteiger partial charge on any atom is 0.276 e. The molecule has 3 rings (SSSR count). The van der Waals surface area contributed by atoms with Gasteiger partial charge in [-0.2, -0.15) is 0 Å². The van der Waals surface area contributed by atoms with Gasteiger partial charge >= 0.3 is 0 Å². The Morgan fingerprint density at radius 3 is 3.04 bits per heavy atom. The molecule has 2 heterocycles. The van der Waals surface area contributed by atoms with Crippen LogP contribution in [0.2, 0.25) is 5.02 Å². The van der Waals surface area contributed by atoms with Crippen LogP contribution in [-0.4, -0.2) is 27.5 Å². The Morgan fingerprint density at radius 2 is 2.26 bits per heavy atom. The Labute approximate surface area is 147 Å². The second-order valence-corrected chi connectivity index (χ2v) is 7.20. The molecule has 0 saturated carbocycles. The van der Waals surface area contributed by atoms with Gasteiger partial charge in [-0.05, 0) is 25.1 Å². The van der Waals surface area contributed by atoms with Gasteiger partial charge in [-0.3, -0.25) is 0 Å². The highest BCUT2D eigenvalue weighted by molar-refractivity contribution is 7.99. The second-order valence-electron chi connectivity index (χ2n) is 4.65. The predicted molar refractivity (Wildman–Crippen MR) is 91.6 cm³/mol. The van der Waals surface area contributed by atoms with Crippen LogP contribution in [0, 0.1) is 6.92 Å². The molecule has 0 bridgehead atoms. The number of aryl methyl sites for hydroxylation is 1. The molecule has 23 heavy (non-hydrogen) atoms. The third kappa shape index (κ3) is 4.95. The molecule has 0 saturated heterocycles. The molecule has 0 N–H and O–H groups in total. The van der Waals surface area contributed by atoms with E-state index in [-0.39, 0.29) is 0 Å². The summed E-state index contributed by atoms with van der Waals surface area (Å²) < 4.78 is 11.2. The monoisotopic (exact) mass is 367 g/mol. The summed E-state index contributed by atoms with van der Waals surface area (Å²) in [6.07, 6.45) is 0.566. The third-order valence-electron chi connectivity index (χ3n) is 2.82. The smallest absolute Gasteiger partial charge is 0.276 e. The summed E-state index contributed by atoms with van der Waals surface area (Å²) in [7, 11) is 0. The van der Waals surface area contributed by atoms with Crippen molar-refractivity contribution < 1.29 is 9.15 Å². The average molecular weight is 368 g/mol. The van der Waals surface area contributed by atoms with Crippen LogP contribution in [-0.2, 0) is 6.42 Å². The molecule has 0 aliphatic carbocycles. The summed E-state index contributed by atoms with van der Waals surface area (Å²) in [4.78, 5) is 4.38. The van der Waals surface area contributed by atoms with E-state index in [0.717, 1.165) is 16.5 Å². The first-order valence-corrected chi connectivity index (χ1v) is 9.18. The molecule has 0 fully saturated rings. The Kier molecular flexibility index (Phi) is 5.53. The minimum atomic E-state index is 0.536. The Bertz CT molecular complexity index is 775. The molecule has 1 aromatic carbocycles. The maximum absolute atomic E-state index is 5.90. The van der Waals surface area contributed by atoms with E-state index in [9.17, 15) is 0 Å². The number of aromatic nitrogens is 3. The summed E-state index contributed by atoms with van der Waals surface area (Å²) in [6.45, 7) is 2.51. The van der Waals surface area contributed by atoms with Gasteiger partial charge in [0.25, 0.3) is 5.22 Å². The zero-order valence-corrected chi connectivity index (χ0v) is 14.7.